The maximum atomic E-state index is 6.19. The Morgan fingerprint density at radius 2 is 1.95 bits per heavy atom. The first-order valence-electron chi connectivity index (χ1n) is 8.07. The number of hydrogen-bond donors (Lipinski definition) is 1. The van der Waals surface area contributed by atoms with Crippen LogP contribution in [0.2, 0.25) is 0 Å². The molecule has 20 heavy (non-hydrogen) atoms. The molecular formula is C18H29NO. The van der Waals surface area contributed by atoms with E-state index in [0.29, 0.717) is 6.10 Å². The Bertz CT molecular complexity index is 376. The van der Waals surface area contributed by atoms with Crippen LogP contribution in [0.5, 0.6) is 0 Å². The van der Waals surface area contributed by atoms with E-state index in [1.165, 1.54) is 24.9 Å². The third-order valence-electron chi connectivity index (χ3n) is 4.50. The summed E-state index contributed by atoms with van der Waals surface area (Å²) in [5, 5.41) is 3.41. The smallest absolute Gasteiger partial charge is 0.0642 e. The van der Waals surface area contributed by atoms with E-state index >= 15 is 0 Å². The van der Waals surface area contributed by atoms with E-state index in [1.54, 1.807) is 0 Å². The van der Waals surface area contributed by atoms with Crippen LogP contribution in [0.1, 0.15) is 40.0 Å². The largest absolute Gasteiger partial charge is 0.383 e. The third-order valence-corrected chi connectivity index (χ3v) is 4.50. The van der Waals surface area contributed by atoms with Gasteiger partial charge in [-0.15, -0.1) is 0 Å². The average molecular weight is 275 g/mol. The normalized spacial score (nSPS) is 26.7. The predicted octanol–water partition coefficient (Wildman–Crippen LogP) is 4.58. The molecule has 3 atom stereocenters. The molecule has 1 aromatic rings. The van der Waals surface area contributed by atoms with Crippen molar-refractivity contribution in [2.24, 2.45) is 17.8 Å². The zero-order chi connectivity index (χ0) is 14.4. The van der Waals surface area contributed by atoms with Crippen LogP contribution in [-0.4, -0.2) is 19.3 Å². The minimum absolute atomic E-state index is 0.455. The second kappa shape index (κ2) is 7.68. The van der Waals surface area contributed by atoms with E-state index in [1.807, 2.05) is 6.07 Å². The third kappa shape index (κ3) is 4.52. The molecule has 1 aromatic carbocycles. The molecule has 3 unspecified atom stereocenters. The van der Waals surface area contributed by atoms with Crippen molar-refractivity contribution in [3.05, 3.63) is 30.3 Å². The number of nitrogens with one attached hydrogen (secondary N) is 1. The molecule has 2 rings (SSSR count). The zero-order valence-electron chi connectivity index (χ0n) is 13.1. The van der Waals surface area contributed by atoms with E-state index < -0.39 is 0 Å². The van der Waals surface area contributed by atoms with Crippen LogP contribution in [-0.2, 0) is 4.74 Å². The number of anilines is 1. The van der Waals surface area contributed by atoms with Crippen LogP contribution in [0.4, 0.5) is 5.69 Å². The fraction of sp³-hybridized carbons (Fsp3) is 0.667. The summed E-state index contributed by atoms with van der Waals surface area (Å²) in [6.07, 6.45) is 4.38. The zero-order valence-corrected chi connectivity index (χ0v) is 13.1. The number of benzene rings is 1. The van der Waals surface area contributed by atoms with Gasteiger partial charge in [-0.3, -0.25) is 0 Å². The minimum Gasteiger partial charge on any atom is -0.383 e. The lowest BCUT2D eigenvalue weighted by molar-refractivity contribution is -0.0340. The lowest BCUT2D eigenvalue weighted by Gasteiger charge is -2.37. The van der Waals surface area contributed by atoms with E-state index in [0.717, 1.165) is 30.9 Å². The molecule has 0 spiro atoms. The van der Waals surface area contributed by atoms with Gasteiger partial charge in [0.05, 0.1) is 12.7 Å². The summed E-state index contributed by atoms with van der Waals surface area (Å²) in [6.45, 7) is 8.71. The molecule has 0 radical (unpaired) electrons. The Kier molecular flexibility index (Phi) is 5.90. The summed E-state index contributed by atoms with van der Waals surface area (Å²) in [7, 11) is 0. The highest BCUT2D eigenvalue weighted by Gasteiger charge is 2.31. The maximum Gasteiger partial charge on any atom is 0.0642 e. The Labute approximate surface area is 123 Å². The highest BCUT2D eigenvalue weighted by Crippen LogP contribution is 2.35. The molecule has 0 saturated heterocycles. The first kappa shape index (κ1) is 15.4. The molecule has 1 fully saturated rings. The van der Waals surface area contributed by atoms with Crippen LogP contribution in [0.3, 0.4) is 0 Å². The van der Waals surface area contributed by atoms with E-state index in [9.17, 15) is 0 Å². The summed E-state index contributed by atoms with van der Waals surface area (Å²) in [6, 6.07) is 10.3. The SMILES string of the molecule is CC1CCC(C(C)C)C(OCCNc2ccccc2)C1. The van der Waals surface area contributed by atoms with Crippen molar-refractivity contribution >= 4 is 5.69 Å². The summed E-state index contributed by atoms with van der Waals surface area (Å²) < 4.78 is 6.19. The lowest BCUT2D eigenvalue weighted by atomic mass is 9.75. The number of para-hydroxylation sites is 1. The quantitative estimate of drug-likeness (QED) is 0.767. The predicted molar refractivity (Wildman–Crippen MR) is 86.0 cm³/mol. The van der Waals surface area contributed by atoms with Crippen molar-refractivity contribution < 1.29 is 4.74 Å². The second-order valence-electron chi connectivity index (χ2n) is 6.53. The molecule has 2 heteroatoms. The fourth-order valence-corrected chi connectivity index (χ4v) is 3.27. The van der Waals surface area contributed by atoms with Gasteiger partial charge in [0.1, 0.15) is 0 Å². The van der Waals surface area contributed by atoms with Gasteiger partial charge in [0.15, 0.2) is 0 Å². The summed E-state index contributed by atoms with van der Waals surface area (Å²) in [5.41, 5.74) is 1.17. The van der Waals surface area contributed by atoms with Gasteiger partial charge in [-0.25, -0.2) is 0 Å². The summed E-state index contributed by atoms with van der Waals surface area (Å²) in [4.78, 5) is 0. The van der Waals surface area contributed by atoms with Crippen molar-refractivity contribution in [1.82, 2.24) is 0 Å². The molecule has 1 aliphatic rings. The Balaban J connectivity index is 1.73. The maximum absolute atomic E-state index is 6.19. The number of ether oxygens (including phenoxy) is 1. The van der Waals surface area contributed by atoms with Crippen molar-refractivity contribution in [2.75, 3.05) is 18.5 Å². The van der Waals surface area contributed by atoms with Crippen LogP contribution < -0.4 is 5.32 Å². The molecule has 0 aromatic heterocycles. The van der Waals surface area contributed by atoms with Gasteiger partial charge in [0.25, 0.3) is 0 Å². The molecule has 1 saturated carbocycles. The minimum atomic E-state index is 0.455. The van der Waals surface area contributed by atoms with Crippen LogP contribution in [0.25, 0.3) is 0 Å². The second-order valence-corrected chi connectivity index (χ2v) is 6.53. The van der Waals surface area contributed by atoms with Crippen molar-refractivity contribution in [2.45, 2.75) is 46.1 Å². The molecular weight excluding hydrogens is 246 g/mol. The molecule has 112 valence electrons. The Morgan fingerprint density at radius 3 is 2.65 bits per heavy atom. The van der Waals surface area contributed by atoms with Gasteiger partial charge in [-0.1, -0.05) is 45.4 Å². The highest BCUT2D eigenvalue weighted by molar-refractivity contribution is 5.42. The van der Waals surface area contributed by atoms with E-state index in [-0.39, 0.29) is 0 Å². The molecule has 1 aliphatic carbocycles. The van der Waals surface area contributed by atoms with Crippen LogP contribution in [0.15, 0.2) is 30.3 Å². The number of rotatable bonds is 6. The molecule has 0 bridgehead atoms. The van der Waals surface area contributed by atoms with Crippen molar-refractivity contribution in [1.29, 1.82) is 0 Å². The molecule has 2 nitrogen and oxygen atoms in total. The first-order chi connectivity index (χ1) is 9.66. The van der Waals surface area contributed by atoms with Gasteiger partial charge < -0.3 is 10.1 Å². The van der Waals surface area contributed by atoms with E-state index in [4.69, 9.17) is 4.74 Å². The monoisotopic (exact) mass is 275 g/mol. The van der Waals surface area contributed by atoms with Gasteiger partial charge in [0, 0.05) is 12.2 Å². The van der Waals surface area contributed by atoms with Crippen LogP contribution >= 0.6 is 0 Å². The first-order valence-corrected chi connectivity index (χ1v) is 8.07. The molecule has 0 heterocycles. The molecule has 0 aliphatic heterocycles. The number of hydrogen-bond acceptors (Lipinski definition) is 2. The standard InChI is InChI=1S/C18H29NO/c1-14(2)17-10-9-15(3)13-18(17)20-12-11-19-16-7-5-4-6-8-16/h4-8,14-15,17-19H,9-13H2,1-3H3. The van der Waals surface area contributed by atoms with Crippen LogP contribution in [0, 0.1) is 17.8 Å². The van der Waals surface area contributed by atoms with Crippen molar-refractivity contribution in [3.8, 4) is 0 Å². The summed E-state index contributed by atoms with van der Waals surface area (Å²) >= 11 is 0. The van der Waals surface area contributed by atoms with Crippen molar-refractivity contribution in [3.63, 3.8) is 0 Å². The topological polar surface area (TPSA) is 21.3 Å². The Hall–Kier alpha value is -1.02. The molecule has 1 N–H and O–H groups in total. The fourth-order valence-electron chi connectivity index (χ4n) is 3.27. The van der Waals surface area contributed by atoms with E-state index in [2.05, 4.69) is 50.4 Å². The average Bonchev–Trinajstić information content (AvgIpc) is 2.44. The van der Waals surface area contributed by atoms with Gasteiger partial charge in [-0.05, 0) is 42.7 Å². The highest BCUT2D eigenvalue weighted by atomic mass is 16.5. The lowest BCUT2D eigenvalue weighted by Crippen LogP contribution is -2.35. The van der Waals surface area contributed by atoms with Gasteiger partial charge in [-0.2, -0.15) is 0 Å². The summed E-state index contributed by atoms with van der Waals surface area (Å²) in [5.74, 6) is 2.29. The molecule has 0 amide bonds. The van der Waals surface area contributed by atoms with Gasteiger partial charge in [0.2, 0.25) is 0 Å². The van der Waals surface area contributed by atoms with Gasteiger partial charge >= 0.3 is 0 Å². The Morgan fingerprint density at radius 1 is 1.20 bits per heavy atom.